The molecular weight excluding hydrogens is 130 g/mol. The molecule has 1 unspecified atom stereocenters. The van der Waals surface area contributed by atoms with Gasteiger partial charge in [0.1, 0.15) is 0 Å². The molecule has 0 aromatic heterocycles. The van der Waals surface area contributed by atoms with Gasteiger partial charge in [0.15, 0.2) is 0 Å². The van der Waals surface area contributed by atoms with E-state index < -0.39 is 0 Å². The Hall–Kier alpha value is -0.120. The molecule has 0 bridgehead atoms. The Bertz CT molecular complexity index is 73.4. The molecule has 0 spiro atoms. The summed E-state index contributed by atoms with van der Waals surface area (Å²) in [6.07, 6.45) is 1.44. The summed E-state index contributed by atoms with van der Waals surface area (Å²) in [5.41, 5.74) is -0.269. The molecule has 0 radical (unpaired) electrons. The third-order valence-electron chi connectivity index (χ3n) is 2.10. The number of aliphatic hydroxyl groups excluding tert-OH is 2. The van der Waals surface area contributed by atoms with Crippen molar-refractivity contribution in [2.24, 2.45) is 0 Å². The van der Waals surface area contributed by atoms with E-state index in [1.807, 2.05) is 6.92 Å². The first-order valence-electron chi connectivity index (χ1n) is 3.65. The number of aliphatic hydroxyl groups is 2. The van der Waals surface area contributed by atoms with Crippen molar-refractivity contribution in [3.05, 3.63) is 0 Å². The van der Waals surface area contributed by atoms with E-state index in [-0.39, 0.29) is 18.8 Å². The summed E-state index contributed by atoms with van der Waals surface area (Å²) in [5.74, 6) is 0. The van der Waals surface area contributed by atoms with Crippen LogP contribution in [0.25, 0.3) is 0 Å². The van der Waals surface area contributed by atoms with Gasteiger partial charge < -0.3 is 15.5 Å². The van der Waals surface area contributed by atoms with Crippen molar-refractivity contribution >= 4 is 0 Å². The molecule has 0 aromatic rings. The van der Waals surface area contributed by atoms with Crippen LogP contribution in [0.15, 0.2) is 0 Å². The number of likely N-dealkylation sites (N-methyl/N-ethyl adjacent to an activating group) is 1. The van der Waals surface area contributed by atoms with Crippen molar-refractivity contribution in [3.63, 3.8) is 0 Å². The van der Waals surface area contributed by atoms with Gasteiger partial charge in [0.2, 0.25) is 0 Å². The van der Waals surface area contributed by atoms with Crippen molar-refractivity contribution in [2.45, 2.75) is 25.3 Å². The lowest BCUT2D eigenvalue weighted by molar-refractivity contribution is 0.128. The Kier molecular flexibility index (Phi) is 4.60. The van der Waals surface area contributed by atoms with Gasteiger partial charge >= 0.3 is 0 Å². The molecule has 0 aliphatic heterocycles. The van der Waals surface area contributed by atoms with Gasteiger partial charge in [0, 0.05) is 12.1 Å². The normalized spacial score (nSPS) is 16.8. The van der Waals surface area contributed by atoms with Gasteiger partial charge in [-0.3, -0.25) is 0 Å². The van der Waals surface area contributed by atoms with Gasteiger partial charge in [-0.25, -0.2) is 0 Å². The maximum absolute atomic E-state index is 8.93. The van der Waals surface area contributed by atoms with Gasteiger partial charge in [-0.2, -0.15) is 0 Å². The van der Waals surface area contributed by atoms with E-state index in [1.54, 1.807) is 7.05 Å². The first kappa shape index (κ1) is 9.88. The van der Waals surface area contributed by atoms with Crippen LogP contribution in [0.4, 0.5) is 0 Å². The monoisotopic (exact) mass is 147 g/mol. The third kappa shape index (κ3) is 2.25. The molecule has 3 N–H and O–H groups in total. The van der Waals surface area contributed by atoms with Crippen molar-refractivity contribution in [1.29, 1.82) is 0 Å². The number of nitrogens with one attached hydrogen (secondary N) is 1. The molecule has 10 heavy (non-hydrogen) atoms. The lowest BCUT2D eigenvalue weighted by atomic mass is 9.94. The number of rotatable bonds is 5. The van der Waals surface area contributed by atoms with Gasteiger partial charge in [-0.05, 0) is 19.9 Å². The van der Waals surface area contributed by atoms with Crippen LogP contribution in [-0.4, -0.2) is 36.0 Å². The van der Waals surface area contributed by atoms with E-state index in [9.17, 15) is 0 Å². The minimum Gasteiger partial charge on any atom is -0.396 e. The summed E-state index contributed by atoms with van der Waals surface area (Å²) < 4.78 is 0. The predicted molar refractivity (Wildman–Crippen MR) is 40.9 cm³/mol. The molecule has 62 valence electrons. The van der Waals surface area contributed by atoms with E-state index in [0.717, 1.165) is 6.42 Å². The van der Waals surface area contributed by atoms with E-state index in [1.165, 1.54) is 0 Å². The molecule has 3 heteroatoms. The highest BCUT2D eigenvalue weighted by atomic mass is 16.3. The molecule has 0 aliphatic carbocycles. The Morgan fingerprint density at radius 3 is 2.10 bits per heavy atom. The maximum Gasteiger partial charge on any atom is 0.0613 e. The SMILES string of the molecule is CCC(CO)(CCO)NC. The second-order valence-electron chi connectivity index (χ2n) is 2.52. The number of hydrogen-bond acceptors (Lipinski definition) is 3. The molecule has 0 amide bonds. The fourth-order valence-corrected chi connectivity index (χ4v) is 0.962. The highest BCUT2D eigenvalue weighted by molar-refractivity contribution is 4.83. The van der Waals surface area contributed by atoms with Crippen LogP contribution >= 0.6 is 0 Å². The van der Waals surface area contributed by atoms with Crippen LogP contribution in [0.5, 0.6) is 0 Å². The smallest absolute Gasteiger partial charge is 0.0613 e. The quantitative estimate of drug-likeness (QED) is 0.501. The molecular formula is C7H17NO2. The molecule has 0 fully saturated rings. The zero-order chi connectivity index (χ0) is 8.04. The lowest BCUT2D eigenvalue weighted by Gasteiger charge is -2.29. The topological polar surface area (TPSA) is 52.5 Å². The van der Waals surface area contributed by atoms with Crippen molar-refractivity contribution in [1.82, 2.24) is 5.32 Å². The first-order valence-corrected chi connectivity index (χ1v) is 3.65. The molecule has 0 rings (SSSR count). The van der Waals surface area contributed by atoms with Crippen LogP contribution in [-0.2, 0) is 0 Å². The first-order chi connectivity index (χ1) is 4.74. The summed E-state index contributed by atoms with van der Waals surface area (Å²) in [7, 11) is 1.80. The van der Waals surface area contributed by atoms with Gasteiger partial charge in [0.05, 0.1) is 6.61 Å². The molecule has 0 heterocycles. The average molecular weight is 147 g/mol. The van der Waals surface area contributed by atoms with E-state index in [0.29, 0.717) is 6.42 Å². The highest BCUT2D eigenvalue weighted by Crippen LogP contribution is 2.12. The van der Waals surface area contributed by atoms with E-state index >= 15 is 0 Å². The fourth-order valence-electron chi connectivity index (χ4n) is 0.962. The molecule has 0 aliphatic rings. The second-order valence-corrected chi connectivity index (χ2v) is 2.52. The third-order valence-corrected chi connectivity index (χ3v) is 2.10. The molecule has 0 aromatic carbocycles. The Balaban J connectivity index is 3.87. The van der Waals surface area contributed by atoms with Crippen LogP contribution in [0.3, 0.4) is 0 Å². The number of hydrogen-bond donors (Lipinski definition) is 3. The zero-order valence-electron chi connectivity index (χ0n) is 6.72. The second kappa shape index (κ2) is 4.66. The molecule has 1 atom stereocenters. The molecule has 0 saturated carbocycles. The summed E-state index contributed by atoms with van der Waals surface area (Å²) in [4.78, 5) is 0. The largest absolute Gasteiger partial charge is 0.396 e. The van der Waals surface area contributed by atoms with E-state index in [2.05, 4.69) is 5.32 Å². The molecule has 0 saturated heterocycles. The van der Waals surface area contributed by atoms with Gasteiger partial charge in [-0.15, -0.1) is 0 Å². The molecule has 3 nitrogen and oxygen atoms in total. The Labute approximate surface area is 62.1 Å². The van der Waals surface area contributed by atoms with Crippen molar-refractivity contribution < 1.29 is 10.2 Å². The summed E-state index contributed by atoms with van der Waals surface area (Å²) in [6.45, 7) is 2.19. The average Bonchev–Trinajstić information content (AvgIpc) is 2.01. The Morgan fingerprint density at radius 2 is 2.00 bits per heavy atom. The van der Waals surface area contributed by atoms with Crippen LogP contribution in [0, 0.1) is 0 Å². The standard InChI is InChI=1S/C7H17NO2/c1-3-7(6-10,8-2)4-5-9/h8-10H,3-6H2,1-2H3. The van der Waals surface area contributed by atoms with Crippen LogP contribution in [0.1, 0.15) is 19.8 Å². The maximum atomic E-state index is 8.93. The van der Waals surface area contributed by atoms with Crippen molar-refractivity contribution in [2.75, 3.05) is 20.3 Å². The van der Waals surface area contributed by atoms with Crippen molar-refractivity contribution in [3.8, 4) is 0 Å². The summed E-state index contributed by atoms with van der Waals surface area (Å²) in [6, 6.07) is 0. The van der Waals surface area contributed by atoms with E-state index in [4.69, 9.17) is 10.2 Å². The lowest BCUT2D eigenvalue weighted by Crippen LogP contribution is -2.46. The minimum absolute atomic E-state index is 0.0839. The Morgan fingerprint density at radius 1 is 1.40 bits per heavy atom. The van der Waals surface area contributed by atoms with Gasteiger partial charge in [-0.1, -0.05) is 6.92 Å². The van der Waals surface area contributed by atoms with Crippen LogP contribution in [0.2, 0.25) is 0 Å². The van der Waals surface area contributed by atoms with Crippen LogP contribution < -0.4 is 5.32 Å². The summed E-state index contributed by atoms with van der Waals surface area (Å²) in [5, 5.41) is 20.6. The summed E-state index contributed by atoms with van der Waals surface area (Å²) >= 11 is 0. The highest BCUT2D eigenvalue weighted by Gasteiger charge is 2.23. The predicted octanol–water partition coefficient (Wildman–Crippen LogP) is -0.271. The fraction of sp³-hybridized carbons (Fsp3) is 1.00. The van der Waals surface area contributed by atoms with Gasteiger partial charge in [0.25, 0.3) is 0 Å². The minimum atomic E-state index is -0.269. The zero-order valence-corrected chi connectivity index (χ0v) is 6.72.